The van der Waals surface area contributed by atoms with Crippen molar-refractivity contribution in [1.29, 1.82) is 0 Å². The first kappa shape index (κ1) is 20.5. The second kappa shape index (κ2) is 8.50. The number of rotatable bonds is 6. The predicted octanol–water partition coefficient (Wildman–Crippen LogP) is 2.18. The highest BCUT2D eigenvalue weighted by Crippen LogP contribution is 2.29. The summed E-state index contributed by atoms with van der Waals surface area (Å²) in [5.41, 5.74) is -0.959. The minimum absolute atomic E-state index is 0.0628. The smallest absolute Gasteiger partial charge is 0.416 e. The van der Waals surface area contributed by atoms with Crippen molar-refractivity contribution in [3.05, 3.63) is 35.4 Å². The minimum Gasteiger partial charge on any atom is -0.469 e. The van der Waals surface area contributed by atoms with Gasteiger partial charge in [-0.25, -0.2) is 4.79 Å². The molecule has 1 aromatic carbocycles. The van der Waals surface area contributed by atoms with Gasteiger partial charge in [-0.2, -0.15) is 13.2 Å². The topological polar surface area (TPSA) is 81.7 Å². The largest absolute Gasteiger partial charge is 0.469 e. The maximum Gasteiger partial charge on any atom is 0.416 e. The lowest BCUT2D eigenvalue weighted by molar-refractivity contribution is -0.146. The molecule has 1 rings (SSSR count). The maximum atomic E-state index is 12.5. The standard InChI is InChI=1S/C16H18F3NO5/c1-9(8-12(21)24-2)13(15(23)25-3)20-14(22)10-4-6-11(7-5-10)16(17,18)19/h4-7,9,13H,8H2,1-3H3,(H,20,22)/t9-,13+/m1/s1. The van der Waals surface area contributed by atoms with Gasteiger partial charge in [-0.1, -0.05) is 6.92 Å². The van der Waals surface area contributed by atoms with E-state index >= 15 is 0 Å². The van der Waals surface area contributed by atoms with Gasteiger partial charge in [0, 0.05) is 5.56 Å². The molecule has 25 heavy (non-hydrogen) atoms. The Balaban J connectivity index is 2.91. The molecule has 2 atom stereocenters. The third-order valence-corrected chi connectivity index (χ3v) is 3.50. The van der Waals surface area contributed by atoms with Crippen LogP contribution in [0.3, 0.4) is 0 Å². The Morgan fingerprint density at radius 3 is 2.08 bits per heavy atom. The van der Waals surface area contributed by atoms with Crippen LogP contribution >= 0.6 is 0 Å². The normalized spacial score (nSPS) is 13.5. The summed E-state index contributed by atoms with van der Waals surface area (Å²) in [6.07, 6.45) is -4.66. The Morgan fingerprint density at radius 2 is 1.64 bits per heavy atom. The molecule has 0 spiro atoms. The van der Waals surface area contributed by atoms with E-state index in [1.165, 1.54) is 14.0 Å². The fraction of sp³-hybridized carbons (Fsp3) is 0.438. The molecule has 138 valence electrons. The number of ether oxygens (including phenoxy) is 2. The molecule has 0 heterocycles. The van der Waals surface area contributed by atoms with Crippen molar-refractivity contribution in [1.82, 2.24) is 5.32 Å². The average molecular weight is 361 g/mol. The highest BCUT2D eigenvalue weighted by atomic mass is 19.4. The summed E-state index contributed by atoms with van der Waals surface area (Å²) in [7, 11) is 2.30. The molecule has 0 bridgehead atoms. The van der Waals surface area contributed by atoms with Gasteiger partial charge in [-0.15, -0.1) is 0 Å². The third-order valence-electron chi connectivity index (χ3n) is 3.50. The van der Waals surface area contributed by atoms with E-state index in [0.717, 1.165) is 31.4 Å². The Morgan fingerprint density at radius 1 is 1.08 bits per heavy atom. The van der Waals surface area contributed by atoms with Gasteiger partial charge in [0.05, 0.1) is 26.2 Å². The number of esters is 2. The van der Waals surface area contributed by atoms with Crippen molar-refractivity contribution in [2.24, 2.45) is 5.92 Å². The van der Waals surface area contributed by atoms with Crippen LogP contribution in [0.2, 0.25) is 0 Å². The van der Waals surface area contributed by atoms with Crippen LogP contribution in [0.1, 0.15) is 29.3 Å². The van der Waals surface area contributed by atoms with Gasteiger partial charge in [0.25, 0.3) is 5.91 Å². The molecule has 0 aromatic heterocycles. The van der Waals surface area contributed by atoms with Gasteiger partial charge in [0.2, 0.25) is 0 Å². The third kappa shape index (κ3) is 5.77. The molecule has 1 amide bonds. The fourth-order valence-corrected chi connectivity index (χ4v) is 2.06. The molecule has 0 saturated carbocycles. The Kier molecular flexibility index (Phi) is 6.96. The van der Waals surface area contributed by atoms with E-state index in [-0.39, 0.29) is 12.0 Å². The number of methoxy groups -OCH3 is 2. The van der Waals surface area contributed by atoms with Crippen LogP contribution in [-0.4, -0.2) is 38.1 Å². The number of hydrogen-bond donors (Lipinski definition) is 1. The van der Waals surface area contributed by atoms with E-state index in [1.807, 2.05) is 0 Å². The van der Waals surface area contributed by atoms with Crippen LogP contribution in [0.25, 0.3) is 0 Å². The van der Waals surface area contributed by atoms with Crippen molar-refractivity contribution in [2.75, 3.05) is 14.2 Å². The van der Waals surface area contributed by atoms with Crippen molar-refractivity contribution < 1.29 is 37.0 Å². The first-order chi connectivity index (χ1) is 11.6. The van der Waals surface area contributed by atoms with Crippen molar-refractivity contribution in [3.8, 4) is 0 Å². The number of carbonyl (C=O) groups is 3. The van der Waals surface area contributed by atoms with Crippen LogP contribution < -0.4 is 5.32 Å². The van der Waals surface area contributed by atoms with Crippen molar-refractivity contribution >= 4 is 17.8 Å². The lowest BCUT2D eigenvalue weighted by atomic mass is 9.97. The van der Waals surface area contributed by atoms with Crippen LogP contribution in [0.5, 0.6) is 0 Å². The molecule has 0 radical (unpaired) electrons. The summed E-state index contributed by atoms with van der Waals surface area (Å²) < 4.78 is 46.7. The summed E-state index contributed by atoms with van der Waals surface area (Å²) in [5, 5.41) is 2.37. The zero-order chi connectivity index (χ0) is 19.2. The monoisotopic (exact) mass is 361 g/mol. The van der Waals surface area contributed by atoms with Crippen molar-refractivity contribution in [2.45, 2.75) is 25.6 Å². The number of nitrogens with one attached hydrogen (secondary N) is 1. The molecule has 1 N–H and O–H groups in total. The predicted molar refractivity (Wildman–Crippen MR) is 80.5 cm³/mol. The van der Waals surface area contributed by atoms with Crippen LogP contribution in [0.15, 0.2) is 24.3 Å². The summed E-state index contributed by atoms with van der Waals surface area (Å²) in [5.74, 6) is -2.76. The van der Waals surface area contributed by atoms with E-state index in [0.29, 0.717) is 0 Å². The molecule has 0 aliphatic rings. The van der Waals surface area contributed by atoms with E-state index in [1.54, 1.807) is 0 Å². The number of carbonyl (C=O) groups excluding carboxylic acids is 3. The van der Waals surface area contributed by atoms with Crippen molar-refractivity contribution in [3.63, 3.8) is 0 Å². The summed E-state index contributed by atoms with van der Waals surface area (Å²) in [4.78, 5) is 35.3. The molecular weight excluding hydrogens is 343 g/mol. The number of halogens is 3. The number of amides is 1. The van der Waals surface area contributed by atoms with Crippen LogP contribution in [0, 0.1) is 5.92 Å². The molecule has 0 aliphatic heterocycles. The lowest BCUT2D eigenvalue weighted by Gasteiger charge is -2.22. The highest BCUT2D eigenvalue weighted by molar-refractivity contribution is 5.97. The quantitative estimate of drug-likeness (QED) is 0.786. The number of hydrogen-bond acceptors (Lipinski definition) is 5. The number of alkyl halides is 3. The van der Waals surface area contributed by atoms with Crippen LogP contribution in [-0.2, 0) is 25.2 Å². The summed E-state index contributed by atoms with van der Waals surface area (Å²) >= 11 is 0. The molecule has 1 aromatic rings. The van der Waals surface area contributed by atoms with Gasteiger partial charge < -0.3 is 14.8 Å². The van der Waals surface area contributed by atoms with E-state index < -0.39 is 41.5 Å². The Bertz CT molecular complexity index is 628. The second-order valence-electron chi connectivity index (χ2n) is 5.31. The van der Waals surface area contributed by atoms with Gasteiger partial charge in [0.1, 0.15) is 6.04 Å². The second-order valence-corrected chi connectivity index (χ2v) is 5.31. The fourth-order valence-electron chi connectivity index (χ4n) is 2.06. The first-order valence-corrected chi connectivity index (χ1v) is 7.23. The Labute approximate surface area is 142 Å². The van der Waals surface area contributed by atoms with Gasteiger partial charge in [0.15, 0.2) is 0 Å². The molecular formula is C16H18F3NO5. The summed E-state index contributed by atoms with van der Waals surface area (Å²) in [6.45, 7) is 1.53. The summed E-state index contributed by atoms with van der Waals surface area (Å²) in [6, 6.07) is 2.37. The number of benzene rings is 1. The molecule has 6 nitrogen and oxygen atoms in total. The lowest BCUT2D eigenvalue weighted by Crippen LogP contribution is -2.46. The SMILES string of the molecule is COC(=O)C[C@@H](C)[C@H](NC(=O)c1ccc(C(F)(F)F)cc1)C(=O)OC. The van der Waals surface area contributed by atoms with E-state index in [4.69, 9.17) is 0 Å². The van der Waals surface area contributed by atoms with E-state index in [9.17, 15) is 27.6 Å². The van der Waals surface area contributed by atoms with Gasteiger partial charge >= 0.3 is 18.1 Å². The average Bonchev–Trinajstić information content (AvgIpc) is 2.57. The first-order valence-electron chi connectivity index (χ1n) is 7.23. The molecule has 0 saturated heterocycles. The molecule has 0 aliphatic carbocycles. The van der Waals surface area contributed by atoms with E-state index in [2.05, 4.69) is 14.8 Å². The Hall–Kier alpha value is -2.58. The van der Waals surface area contributed by atoms with Crippen LogP contribution in [0.4, 0.5) is 13.2 Å². The van der Waals surface area contributed by atoms with Gasteiger partial charge in [-0.05, 0) is 30.2 Å². The molecule has 0 fully saturated rings. The molecule has 0 unspecified atom stereocenters. The zero-order valence-corrected chi connectivity index (χ0v) is 13.8. The molecule has 9 heteroatoms. The van der Waals surface area contributed by atoms with Gasteiger partial charge in [-0.3, -0.25) is 9.59 Å². The zero-order valence-electron chi connectivity index (χ0n) is 13.8. The maximum absolute atomic E-state index is 12.5. The highest BCUT2D eigenvalue weighted by Gasteiger charge is 2.32. The minimum atomic E-state index is -4.52.